The van der Waals surface area contributed by atoms with Crippen LogP contribution in [0.2, 0.25) is 0 Å². The third kappa shape index (κ3) is 3.67. The first kappa shape index (κ1) is 16.5. The molecule has 4 fully saturated rings. The predicted octanol–water partition coefficient (Wildman–Crippen LogP) is 0.310. The van der Waals surface area contributed by atoms with Crippen LogP contribution in [0, 0.1) is 5.92 Å². The molecular weight excluding hydrogens is 316 g/mol. The molecule has 7 nitrogen and oxygen atoms in total. The van der Waals surface area contributed by atoms with E-state index >= 15 is 0 Å². The van der Waals surface area contributed by atoms with Crippen LogP contribution < -0.4 is 5.73 Å². The van der Waals surface area contributed by atoms with Gasteiger partial charge in [-0.15, -0.1) is 0 Å². The standard InChI is InChI=1S/C18H26N6O/c19-18-20-11-14(12-21-18)1-2-17(25)24-9-7-23(8-10-24)16-13-22-5-3-15(16)4-6-22/h1-2,11-12,15-16H,3-10,13H2,(H2,19,20,21). The van der Waals surface area contributed by atoms with E-state index in [1.807, 2.05) is 4.90 Å². The molecule has 1 amide bonds. The molecule has 4 aliphatic heterocycles. The number of piperidine rings is 3. The van der Waals surface area contributed by atoms with Crippen molar-refractivity contribution in [1.82, 2.24) is 24.7 Å². The van der Waals surface area contributed by atoms with Crippen LogP contribution in [0.3, 0.4) is 0 Å². The Balaban J connectivity index is 1.29. The molecule has 5 heterocycles. The van der Waals surface area contributed by atoms with E-state index in [4.69, 9.17) is 5.73 Å². The summed E-state index contributed by atoms with van der Waals surface area (Å²) in [5.74, 6) is 1.16. The Bertz CT molecular complexity index is 629. The van der Waals surface area contributed by atoms with Crippen molar-refractivity contribution in [2.45, 2.75) is 18.9 Å². The largest absolute Gasteiger partial charge is 0.368 e. The summed E-state index contributed by atoms with van der Waals surface area (Å²) in [5, 5.41) is 0. The molecule has 4 saturated heterocycles. The number of aromatic nitrogens is 2. The minimum Gasteiger partial charge on any atom is -0.368 e. The van der Waals surface area contributed by atoms with Crippen LogP contribution in [0.1, 0.15) is 18.4 Å². The highest BCUT2D eigenvalue weighted by Crippen LogP contribution is 2.31. The molecule has 7 heteroatoms. The number of fused-ring (bicyclic) bond motifs is 3. The molecule has 2 bridgehead atoms. The van der Waals surface area contributed by atoms with Gasteiger partial charge < -0.3 is 15.5 Å². The summed E-state index contributed by atoms with van der Waals surface area (Å²) in [6, 6.07) is 0.697. The van der Waals surface area contributed by atoms with E-state index in [9.17, 15) is 4.79 Å². The summed E-state index contributed by atoms with van der Waals surface area (Å²) in [7, 11) is 0. The molecule has 0 radical (unpaired) electrons. The smallest absolute Gasteiger partial charge is 0.246 e. The molecule has 4 aliphatic rings. The number of nitrogen functional groups attached to an aromatic ring is 1. The predicted molar refractivity (Wildman–Crippen MR) is 96.6 cm³/mol. The van der Waals surface area contributed by atoms with Crippen molar-refractivity contribution in [2.24, 2.45) is 5.92 Å². The second kappa shape index (κ2) is 7.09. The van der Waals surface area contributed by atoms with Gasteiger partial charge in [-0.1, -0.05) is 0 Å². The van der Waals surface area contributed by atoms with Gasteiger partial charge in [0.2, 0.25) is 11.9 Å². The summed E-state index contributed by atoms with van der Waals surface area (Å²) < 4.78 is 0. The zero-order valence-corrected chi connectivity index (χ0v) is 14.5. The average Bonchev–Trinajstić information content (AvgIpc) is 2.68. The number of amides is 1. The third-order valence-electron chi connectivity index (χ3n) is 5.83. The fraction of sp³-hybridized carbons (Fsp3) is 0.611. The highest BCUT2D eigenvalue weighted by molar-refractivity contribution is 5.91. The van der Waals surface area contributed by atoms with Crippen LogP contribution in [-0.4, -0.2) is 82.4 Å². The summed E-state index contributed by atoms with van der Waals surface area (Å²) in [5.41, 5.74) is 6.25. The maximum absolute atomic E-state index is 12.4. The van der Waals surface area contributed by atoms with E-state index in [0.717, 1.165) is 37.7 Å². The first-order valence-corrected chi connectivity index (χ1v) is 9.20. The number of piperazine rings is 1. The van der Waals surface area contributed by atoms with Gasteiger partial charge in [0.15, 0.2) is 0 Å². The quantitative estimate of drug-likeness (QED) is 0.797. The summed E-state index contributed by atoms with van der Waals surface area (Å²) >= 11 is 0. The number of carbonyl (C=O) groups is 1. The Labute approximate surface area is 148 Å². The Hall–Kier alpha value is -1.99. The van der Waals surface area contributed by atoms with Gasteiger partial charge in [0.05, 0.1) is 0 Å². The second-order valence-corrected chi connectivity index (χ2v) is 7.27. The molecule has 0 saturated carbocycles. The van der Waals surface area contributed by atoms with Gasteiger partial charge in [-0.2, -0.15) is 0 Å². The number of hydrogen-bond donors (Lipinski definition) is 1. The molecule has 0 aromatic carbocycles. The van der Waals surface area contributed by atoms with E-state index in [1.165, 1.54) is 32.5 Å². The lowest BCUT2D eigenvalue weighted by atomic mass is 9.83. The Morgan fingerprint density at radius 3 is 2.36 bits per heavy atom. The highest BCUT2D eigenvalue weighted by Gasteiger charge is 2.38. The highest BCUT2D eigenvalue weighted by atomic mass is 16.2. The van der Waals surface area contributed by atoms with E-state index in [0.29, 0.717) is 6.04 Å². The van der Waals surface area contributed by atoms with E-state index in [2.05, 4.69) is 19.8 Å². The zero-order valence-electron chi connectivity index (χ0n) is 14.5. The second-order valence-electron chi connectivity index (χ2n) is 7.27. The van der Waals surface area contributed by atoms with Crippen molar-refractivity contribution in [3.05, 3.63) is 24.0 Å². The normalized spacial score (nSPS) is 30.1. The van der Waals surface area contributed by atoms with E-state index in [-0.39, 0.29) is 11.9 Å². The topological polar surface area (TPSA) is 78.6 Å². The zero-order chi connectivity index (χ0) is 17.2. The SMILES string of the molecule is Nc1ncc(C=CC(=O)N2CCN(C3CN4CCC3CC4)CC2)cn1. The number of carbonyl (C=O) groups excluding carboxylic acids is 1. The van der Waals surface area contributed by atoms with Crippen molar-refractivity contribution in [1.29, 1.82) is 0 Å². The van der Waals surface area contributed by atoms with Gasteiger partial charge in [0, 0.05) is 62.8 Å². The molecule has 134 valence electrons. The van der Waals surface area contributed by atoms with Crippen molar-refractivity contribution in [3.8, 4) is 0 Å². The summed E-state index contributed by atoms with van der Waals surface area (Å²) in [6.07, 6.45) is 9.29. The summed E-state index contributed by atoms with van der Waals surface area (Å²) in [6.45, 7) is 7.36. The monoisotopic (exact) mass is 342 g/mol. The van der Waals surface area contributed by atoms with Gasteiger partial charge >= 0.3 is 0 Å². The molecule has 0 aliphatic carbocycles. The van der Waals surface area contributed by atoms with Crippen LogP contribution >= 0.6 is 0 Å². The molecule has 1 aromatic heterocycles. The van der Waals surface area contributed by atoms with Gasteiger partial charge in [-0.05, 0) is 37.9 Å². The lowest BCUT2D eigenvalue weighted by Crippen LogP contribution is -2.61. The van der Waals surface area contributed by atoms with Crippen LogP contribution in [0.15, 0.2) is 18.5 Å². The molecule has 2 N–H and O–H groups in total. The Morgan fingerprint density at radius 2 is 1.76 bits per heavy atom. The van der Waals surface area contributed by atoms with Crippen molar-refractivity contribution in [3.63, 3.8) is 0 Å². The van der Waals surface area contributed by atoms with Crippen molar-refractivity contribution < 1.29 is 4.79 Å². The van der Waals surface area contributed by atoms with Crippen molar-refractivity contribution in [2.75, 3.05) is 51.5 Å². The van der Waals surface area contributed by atoms with Crippen LogP contribution in [0.4, 0.5) is 5.95 Å². The number of nitrogens with two attached hydrogens (primary N) is 1. The maximum atomic E-state index is 12.4. The van der Waals surface area contributed by atoms with Crippen LogP contribution in [0.5, 0.6) is 0 Å². The van der Waals surface area contributed by atoms with E-state index in [1.54, 1.807) is 24.5 Å². The molecule has 1 atom stereocenters. The first-order valence-electron chi connectivity index (χ1n) is 9.20. The Morgan fingerprint density at radius 1 is 1.08 bits per heavy atom. The van der Waals surface area contributed by atoms with Crippen LogP contribution in [0.25, 0.3) is 6.08 Å². The lowest BCUT2D eigenvalue weighted by Gasteiger charge is -2.50. The fourth-order valence-electron chi connectivity index (χ4n) is 4.33. The van der Waals surface area contributed by atoms with Crippen molar-refractivity contribution >= 4 is 17.9 Å². The number of nitrogens with zero attached hydrogens (tertiary/aromatic N) is 5. The molecule has 25 heavy (non-hydrogen) atoms. The minimum absolute atomic E-state index is 0.0605. The first-order chi connectivity index (χ1) is 12.2. The van der Waals surface area contributed by atoms with Gasteiger partial charge in [0.25, 0.3) is 0 Å². The average molecular weight is 342 g/mol. The number of rotatable bonds is 3. The fourth-order valence-corrected chi connectivity index (χ4v) is 4.33. The maximum Gasteiger partial charge on any atom is 0.246 e. The van der Waals surface area contributed by atoms with Crippen LogP contribution in [-0.2, 0) is 4.79 Å². The van der Waals surface area contributed by atoms with Gasteiger partial charge in [0.1, 0.15) is 0 Å². The van der Waals surface area contributed by atoms with Gasteiger partial charge in [-0.25, -0.2) is 9.97 Å². The lowest BCUT2D eigenvalue weighted by molar-refractivity contribution is -0.128. The Kier molecular flexibility index (Phi) is 4.67. The molecular formula is C18H26N6O. The molecule has 0 spiro atoms. The molecule has 1 unspecified atom stereocenters. The number of hydrogen-bond acceptors (Lipinski definition) is 6. The minimum atomic E-state index is 0.0605. The third-order valence-corrected chi connectivity index (χ3v) is 5.83. The van der Waals surface area contributed by atoms with Gasteiger partial charge in [-0.3, -0.25) is 9.69 Å². The number of anilines is 1. The van der Waals surface area contributed by atoms with E-state index < -0.39 is 0 Å². The molecule has 5 rings (SSSR count). The summed E-state index contributed by atoms with van der Waals surface area (Å²) in [4.78, 5) is 27.4. The molecule has 1 aromatic rings.